The molecule has 0 bridgehead atoms. The predicted molar refractivity (Wildman–Crippen MR) is 101 cm³/mol. The monoisotopic (exact) mass is 371 g/mol. The molecule has 1 saturated heterocycles. The lowest BCUT2D eigenvalue weighted by Gasteiger charge is -2.29. The zero-order chi connectivity index (χ0) is 18.8. The molecule has 0 atom stereocenters. The van der Waals surface area contributed by atoms with Crippen molar-refractivity contribution in [2.45, 2.75) is 38.8 Å². The summed E-state index contributed by atoms with van der Waals surface area (Å²) in [5.74, 6) is 1.61. The van der Waals surface area contributed by atoms with Gasteiger partial charge in [-0.2, -0.15) is 5.10 Å². The van der Waals surface area contributed by atoms with Crippen molar-refractivity contribution in [2.75, 3.05) is 31.1 Å². The second-order valence-electron chi connectivity index (χ2n) is 6.93. The highest BCUT2D eigenvalue weighted by Gasteiger charge is 2.27. The summed E-state index contributed by atoms with van der Waals surface area (Å²) < 4.78 is 8.64. The maximum absolute atomic E-state index is 12.9. The molecule has 2 aliphatic heterocycles. The van der Waals surface area contributed by atoms with E-state index in [2.05, 4.69) is 10.4 Å². The number of para-hydroxylation sites is 2. The first-order chi connectivity index (χ1) is 13.2. The van der Waals surface area contributed by atoms with Gasteiger partial charge in [0.1, 0.15) is 24.7 Å². The Labute approximate surface area is 157 Å². The molecule has 3 heterocycles. The number of aromatic nitrogens is 3. The standard InChI is InChI=1S/C19H25N5O3/c1-2-22-18(14-7-9-20-10-8-14)21-24(19(22)26)13-17(25)23-11-12-27-16-6-4-3-5-15(16)23/h3-6,14,20H,2,7-13H2,1H3. The molecule has 144 valence electrons. The van der Waals surface area contributed by atoms with E-state index >= 15 is 0 Å². The van der Waals surface area contributed by atoms with Crippen LogP contribution >= 0.6 is 0 Å². The second-order valence-corrected chi connectivity index (χ2v) is 6.93. The van der Waals surface area contributed by atoms with Crippen molar-refractivity contribution in [3.8, 4) is 5.75 Å². The first kappa shape index (κ1) is 17.8. The number of anilines is 1. The number of benzene rings is 1. The third-order valence-corrected chi connectivity index (χ3v) is 5.29. The summed E-state index contributed by atoms with van der Waals surface area (Å²) in [5.41, 5.74) is 0.538. The first-order valence-corrected chi connectivity index (χ1v) is 9.59. The number of carbonyl (C=O) groups is 1. The topological polar surface area (TPSA) is 81.4 Å². The number of hydrogen-bond donors (Lipinski definition) is 1. The number of rotatable bonds is 4. The molecule has 1 amide bonds. The van der Waals surface area contributed by atoms with E-state index in [1.165, 1.54) is 4.68 Å². The summed E-state index contributed by atoms with van der Waals surface area (Å²) in [6.45, 7) is 5.22. The largest absolute Gasteiger partial charge is 0.490 e. The summed E-state index contributed by atoms with van der Waals surface area (Å²) in [6.07, 6.45) is 1.92. The van der Waals surface area contributed by atoms with Gasteiger partial charge in [0.05, 0.1) is 12.2 Å². The van der Waals surface area contributed by atoms with Crippen LogP contribution in [-0.4, -0.2) is 46.5 Å². The molecule has 1 aromatic heterocycles. The molecular weight excluding hydrogens is 346 g/mol. The summed E-state index contributed by atoms with van der Waals surface area (Å²) in [7, 11) is 0. The fourth-order valence-corrected chi connectivity index (χ4v) is 3.88. The minimum atomic E-state index is -0.207. The summed E-state index contributed by atoms with van der Waals surface area (Å²) >= 11 is 0. The van der Waals surface area contributed by atoms with Crippen molar-refractivity contribution in [3.05, 3.63) is 40.6 Å². The van der Waals surface area contributed by atoms with E-state index in [1.54, 1.807) is 9.47 Å². The van der Waals surface area contributed by atoms with E-state index in [-0.39, 0.29) is 24.1 Å². The lowest BCUT2D eigenvalue weighted by molar-refractivity contribution is -0.119. The van der Waals surface area contributed by atoms with Crippen LogP contribution in [-0.2, 0) is 17.9 Å². The number of fused-ring (bicyclic) bond motifs is 1. The number of carbonyl (C=O) groups excluding carboxylic acids is 1. The Morgan fingerprint density at radius 1 is 1.30 bits per heavy atom. The second kappa shape index (κ2) is 7.56. The molecule has 0 saturated carbocycles. The van der Waals surface area contributed by atoms with Gasteiger partial charge >= 0.3 is 5.69 Å². The SMILES string of the molecule is CCn1c(C2CCNCC2)nn(CC(=O)N2CCOc3ccccc32)c1=O. The molecular formula is C19H25N5O3. The van der Waals surface area contributed by atoms with Crippen LogP contribution in [0, 0.1) is 0 Å². The summed E-state index contributed by atoms with van der Waals surface area (Å²) in [6, 6.07) is 7.47. The Morgan fingerprint density at radius 3 is 2.85 bits per heavy atom. The van der Waals surface area contributed by atoms with Crippen molar-refractivity contribution < 1.29 is 9.53 Å². The molecule has 1 N–H and O–H groups in total. The number of amides is 1. The Morgan fingerprint density at radius 2 is 2.07 bits per heavy atom. The van der Waals surface area contributed by atoms with E-state index in [1.807, 2.05) is 31.2 Å². The normalized spacial score (nSPS) is 17.4. The van der Waals surface area contributed by atoms with E-state index in [9.17, 15) is 9.59 Å². The van der Waals surface area contributed by atoms with Gasteiger partial charge in [0.2, 0.25) is 5.91 Å². The van der Waals surface area contributed by atoms with Gasteiger partial charge in [0.15, 0.2) is 0 Å². The highest BCUT2D eigenvalue weighted by molar-refractivity contribution is 5.95. The highest BCUT2D eigenvalue weighted by Crippen LogP contribution is 2.31. The summed E-state index contributed by atoms with van der Waals surface area (Å²) in [4.78, 5) is 27.4. The molecule has 27 heavy (non-hydrogen) atoms. The maximum Gasteiger partial charge on any atom is 0.346 e. The molecule has 1 fully saturated rings. The zero-order valence-electron chi connectivity index (χ0n) is 15.6. The molecule has 4 rings (SSSR count). The van der Waals surface area contributed by atoms with Crippen molar-refractivity contribution in [2.24, 2.45) is 0 Å². The van der Waals surface area contributed by atoms with Gasteiger partial charge in [-0.15, -0.1) is 0 Å². The minimum Gasteiger partial charge on any atom is -0.490 e. The quantitative estimate of drug-likeness (QED) is 0.866. The van der Waals surface area contributed by atoms with Gasteiger partial charge in [-0.25, -0.2) is 9.48 Å². The van der Waals surface area contributed by atoms with E-state index in [0.29, 0.717) is 25.4 Å². The number of nitrogens with zero attached hydrogens (tertiary/aromatic N) is 4. The average Bonchev–Trinajstić information content (AvgIpc) is 3.03. The molecule has 0 aliphatic carbocycles. The van der Waals surface area contributed by atoms with E-state index in [4.69, 9.17) is 4.74 Å². The average molecular weight is 371 g/mol. The Balaban J connectivity index is 1.59. The number of ether oxygens (including phenoxy) is 1. The van der Waals surface area contributed by atoms with Gasteiger partial charge in [-0.05, 0) is 45.0 Å². The van der Waals surface area contributed by atoms with Crippen LogP contribution in [0.25, 0.3) is 0 Å². The van der Waals surface area contributed by atoms with Gasteiger partial charge in [0, 0.05) is 12.5 Å². The molecule has 2 aliphatic rings. The van der Waals surface area contributed by atoms with Gasteiger partial charge in [-0.1, -0.05) is 12.1 Å². The fraction of sp³-hybridized carbons (Fsp3) is 0.526. The van der Waals surface area contributed by atoms with E-state index < -0.39 is 0 Å². The van der Waals surface area contributed by atoms with Crippen molar-refractivity contribution in [1.29, 1.82) is 0 Å². The van der Waals surface area contributed by atoms with Gasteiger partial charge in [0.25, 0.3) is 0 Å². The van der Waals surface area contributed by atoms with Crippen LogP contribution in [0.4, 0.5) is 5.69 Å². The van der Waals surface area contributed by atoms with Gasteiger partial charge in [-0.3, -0.25) is 9.36 Å². The molecule has 0 unspecified atom stereocenters. The Hall–Kier alpha value is -2.61. The third kappa shape index (κ3) is 3.37. The maximum atomic E-state index is 12.9. The fourth-order valence-electron chi connectivity index (χ4n) is 3.88. The van der Waals surface area contributed by atoms with Crippen LogP contribution in [0.5, 0.6) is 5.75 Å². The molecule has 0 spiro atoms. The first-order valence-electron chi connectivity index (χ1n) is 9.59. The highest BCUT2D eigenvalue weighted by atomic mass is 16.5. The van der Waals surface area contributed by atoms with Gasteiger partial charge < -0.3 is 15.0 Å². The molecule has 0 radical (unpaired) electrons. The number of piperidine rings is 1. The van der Waals surface area contributed by atoms with Crippen molar-refractivity contribution in [1.82, 2.24) is 19.7 Å². The van der Waals surface area contributed by atoms with Crippen molar-refractivity contribution in [3.63, 3.8) is 0 Å². The summed E-state index contributed by atoms with van der Waals surface area (Å²) in [5, 5.41) is 7.89. The van der Waals surface area contributed by atoms with Crippen LogP contribution in [0.15, 0.2) is 29.1 Å². The number of nitrogens with one attached hydrogen (secondary N) is 1. The van der Waals surface area contributed by atoms with E-state index in [0.717, 1.165) is 37.4 Å². The third-order valence-electron chi connectivity index (χ3n) is 5.29. The van der Waals surface area contributed by atoms with Crippen LogP contribution in [0.1, 0.15) is 31.5 Å². The number of hydrogen-bond acceptors (Lipinski definition) is 5. The smallest absolute Gasteiger partial charge is 0.346 e. The molecule has 1 aromatic carbocycles. The Bertz CT molecular complexity index is 882. The Kier molecular flexibility index (Phi) is 4.98. The van der Waals surface area contributed by atoms with Crippen LogP contribution < -0.4 is 20.6 Å². The lowest BCUT2D eigenvalue weighted by atomic mass is 9.97. The minimum absolute atomic E-state index is 0.0574. The van der Waals surface area contributed by atoms with Crippen LogP contribution in [0.3, 0.4) is 0 Å². The zero-order valence-corrected chi connectivity index (χ0v) is 15.6. The molecule has 8 heteroatoms. The van der Waals surface area contributed by atoms with Crippen molar-refractivity contribution >= 4 is 11.6 Å². The van der Waals surface area contributed by atoms with Crippen LogP contribution in [0.2, 0.25) is 0 Å². The predicted octanol–water partition coefficient (Wildman–Crippen LogP) is 0.957. The molecule has 8 nitrogen and oxygen atoms in total. The molecule has 2 aromatic rings. The lowest BCUT2D eigenvalue weighted by Crippen LogP contribution is -2.41.